The number of thiophene rings is 1. The number of nitrogens with zero attached hydrogens (tertiary/aromatic N) is 2. The number of hydrogen-bond acceptors (Lipinski definition) is 8. The van der Waals surface area contributed by atoms with Crippen LogP contribution in [-0.2, 0) is 40.1 Å². The lowest BCUT2D eigenvalue weighted by Gasteiger charge is -2.26. The molecule has 2 aliphatic rings. The van der Waals surface area contributed by atoms with Crippen molar-refractivity contribution in [3.63, 3.8) is 0 Å². The normalized spacial score (nSPS) is 17.1. The monoisotopic (exact) mass is 521 g/mol. The molecule has 1 aromatic carbocycles. The Hall–Kier alpha value is -3.30. The zero-order chi connectivity index (χ0) is 26.1. The van der Waals surface area contributed by atoms with Crippen LogP contribution in [0, 0.1) is 5.92 Å². The largest absolute Gasteiger partial charge is 0.462 e. The van der Waals surface area contributed by atoms with E-state index >= 15 is 0 Å². The highest BCUT2D eigenvalue weighted by Gasteiger charge is 2.30. The molecule has 0 fully saturated rings. The number of fused-ring (bicyclic) bond motifs is 3. The molecule has 5 rings (SSSR count). The minimum Gasteiger partial charge on any atom is -0.462 e. The van der Waals surface area contributed by atoms with Crippen molar-refractivity contribution in [1.82, 2.24) is 9.88 Å². The topological polar surface area (TPSA) is 97.8 Å². The van der Waals surface area contributed by atoms with Crippen LogP contribution in [0.15, 0.2) is 24.3 Å². The maximum Gasteiger partial charge on any atom is 0.341 e. The summed E-state index contributed by atoms with van der Waals surface area (Å²) in [6, 6.07) is 7.49. The van der Waals surface area contributed by atoms with Crippen molar-refractivity contribution in [2.45, 2.75) is 46.1 Å². The third kappa shape index (κ3) is 5.10. The molecule has 37 heavy (non-hydrogen) atoms. The number of para-hydroxylation sites is 1. The van der Waals surface area contributed by atoms with Crippen LogP contribution in [0.5, 0.6) is 0 Å². The minimum atomic E-state index is -0.551. The van der Waals surface area contributed by atoms with Gasteiger partial charge in [-0.3, -0.25) is 9.78 Å². The number of hydrogen-bond donors (Lipinski definition) is 1. The molecular weight excluding hydrogens is 490 g/mol. The van der Waals surface area contributed by atoms with Crippen molar-refractivity contribution in [2.24, 2.45) is 5.92 Å². The van der Waals surface area contributed by atoms with Gasteiger partial charge in [0.2, 0.25) is 0 Å². The molecule has 194 valence electrons. The Kier molecular flexibility index (Phi) is 7.26. The van der Waals surface area contributed by atoms with Gasteiger partial charge in [-0.15, -0.1) is 11.3 Å². The molecule has 1 atom stereocenters. The van der Waals surface area contributed by atoms with E-state index in [0.717, 1.165) is 59.4 Å². The average molecular weight is 522 g/mol. The Labute approximate surface area is 220 Å². The molecule has 9 heteroatoms. The van der Waals surface area contributed by atoms with E-state index in [1.54, 1.807) is 6.92 Å². The number of benzene rings is 1. The maximum absolute atomic E-state index is 13.3. The van der Waals surface area contributed by atoms with E-state index in [1.165, 1.54) is 11.3 Å². The zero-order valence-corrected chi connectivity index (χ0v) is 22.2. The SMILES string of the molecule is CCOC(=O)c1c(NC(=O)COC(=O)c2c3c(nc4ccccc24)CCN(C)C3)sc2c1CCC(C)C2. The first kappa shape index (κ1) is 25.4. The van der Waals surface area contributed by atoms with Crippen molar-refractivity contribution in [3.8, 4) is 0 Å². The van der Waals surface area contributed by atoms with Crippen LogP contribution in [0.1, 0.15) is 62.7 Å². The molecule has 0 bridgehead atoms. The second-order valence-electron chi connectivity index (χ2n) is 9.82. The van der Waals surface area contributed by atoms with E-state index in [2.05, 4.69) is 17.1 Å². The number of amides is 1. The molecule has 0 saturated heterocycles. The van der Waals surface area contributed by atoms with E-state index in [0.29, 0.717) is 34.0 Å². The Balaban J connectivity index is 1.36. The molecule has 1 aliphatic carbocycles. The minimum absolute atomic E-state index is 0.254. The van der Waals surface area contributed by atoms with Crippen LogP contribution in [-0.4, -0.2) is 54.5 Å². The van der Waals surface area contributed by atoms with E-state index in [1.807, 2.05) is 31.3 Å². The number of ether oxygens (including phenoxy) is 2. The number of carbonyl (C=O) groups is 3. The van der Waals surface area contributed by atoms with Gasteiger partial charge in [0.1, 0.15) is 5.00 Å². The van der Waals surface area contributed by atoms with Crippen LogP contribution in [0.25, 0.3) is 10.9 Å². The Bertz CT molecular complexity index is 1380. The van der Waals surface area contributed by atoms with Gasteiger partial charge >= 0.3 is 11.9 Å². The van der Waals surface area contributed by atoms with E-state index in [4.69, 9.17) is 14.5 Å². The summed E-state index contributed by atoms with van der Waals surface area (Å²) in [5, 5.41) is 4.00. The number of likely N-dealkylation sites (N-methyl/N-ethyl adjacent to an activating group) is 1. The van der Waals surface area contributed by atoms with Gasteiger partial charge in [0, 0.05) is 41.0 Å². The first-order chi connectivity index (χ1) is 17.9. The van der Waals surface area contributed by atoms with Crippen molar-refractivity contribution in [1.29, 1.82) is 0 Å². The van der Waals surface area contributed by atoms with Crippen LogP contribution in [0.3, 0.4) is 0 Å². The molecule has 2 aromatic heterocycles. The summed E-state index contributed by atoms with van der Waals surface area (Å²) in [6.07, 6.45) is 3.38. The summed E-state index contributed by atoms with van der Waals surface area (Å²) < 4.78 is 10.8. The lowest BCUT2D eigenvalue weighted by Crippen LogP contribution is -2.30. The maximum atomic E-state index is 13.3. The molecule has 1 aliphatic heterocycles. The fourth-order valence-electron chi connectivity index (χ4n) is 5.18. The average Bonchev–Trinajstić information content (AvgIpc) is 3.22. The predicted molar refractivity (Wildman–Crippen MR) is 142 cm³/mol. The number of rotatable bonds is 6. The van der Waals surface area contributed by atoms with Crippen molar-refractivity contribution in [3.05, 3.63) is 57.1 Å². The standard InChI is InChI=1S/C28H31N3O5S/c1-4-35-28(34)25-18-10-9-16(2)13-22(18)37-26(25)30-23(32)15-36-27(33)24-17-7-5-6-8-20(17)29-21-11-12-31(3)14-19(21)24/h5-8,16H,4,9-15H2,1-3H3,(H,30,32). The highest BCUT2D eigenvalue weighted by molar-refractivity contribution is 7.17. The zero-order valence-electron chi connectivity index (χ0n) is 21.4. The predicted octanol–water partition coefficient (Wildman–Crippen LogP) is 4.38. The smallest absolute Gasteiger partial charge is 0.341 e. The van der Waals surface area contributed by atoms with Gasteiger partial charge in [-0.25, -0.2) is 9.59 Å². The molecule has 1 unspecified atom stereocenters. The second kappa shape index (κ2) is 10.6. The van der Waals surface area contributed by atoms with Gasteiger partial charge in [0.15, 0.2) is 6.61 Å². The fraction of sp³-hybridized carbons (Fsp3) is 0.429. The van der Waals surface area contributed by atoms with Crippen molar-refractivity contribution >= 4 is 45.1 Å². The lowest BCUT2D eigenvalue weighted by molar-refractivity contribution is -0.119. The molecule has 0 spiro atoms. The van der Waals surface area contributed by atoms with Crippen LogP contribution in [0.2, 0.25) is 0 Å². The van der Waals surface area contributed by atoms with E-state index < -0.39 is 24.5 Å². The number of carbonyl (C=O) groups excluding carboxylic acids is 3. The Morgan fingerprint density at radius 3 is 2.70 bits per heavy atom. The third-order valence-electron chi connectivity index (χ3n) is 7.02. The molecule has 3 aromatic rings. The molecule has 1 amide bonds. The molecule has 0 radical (unpaired) electrons. The van der Waals surface area contributed by atoms with Crippen LogP contribution < -0.4 is 5.32 Å². The third-order valence-corrected chi connectivity index (χ3v) is 8.19. The summed E-state index contributed by atoms with van der Waals surface area (Å²) in [4.78, 5) is 47.0. The van der Waals surface area contributed by atoms with E-state index in [9.17, 15) is 14.4 Å². The van der Waals surface area contributed by atoms with Gasteiger partial charge < -0.3 is 19.7 Å². The number of pyridine rings is 1. The highest BCUT2D eigenvalue weighted by atomic mass is 32.1. The number of nitrogens with one attached hydrogen (secondary N) is 1. The fourth-order valence-corrected chi connectivity index (χ4v) is 6.60. The first-order valence-corrected chi connectivity index (χ1v) is 13.5. The first-order valence-electron chi connectivity index (χ1n) is 12.7. The van der Waals surface area contributed by atoms with E-state index in [-0.39, 0.29) is 6.61 Å². The van der Waals surface area contributed by atoms with Crippen LogP contribution >= 0.6 is 11.3 Å². The number of aromatic nitrogens is 1. The van der Waals surface area contributed by atoms with Crippen LogP contribution in [0.4, 0.5) is 5.00 Å². The molecule has 3 heterocycles. The second-order valence-corrected chi connectivity index (χ2v) is 10.9. The molecule has 1 N–H and O–H groups in total. The summed E-state index contributed by atoms with van der Waals surface area (Å²) >= 11 is 1.41. The summed E-state index contributed by atoms with van der Waals surface area (Å²) in [5.41, 5.74) is 4.35. The van der Waals surface area contributed by atoms with Crippen molar-refractivity contribution < 1.29 is 23.9 Å². The molecule has 0 saturated carbocycles. The Morgan fingerprint density at radius 2 is 1.89 bits per heavy atom. The van der Waals surface area contributed by atoms with Gasteiger partial charge in [-0.05, 0) is 50.8 Å². The van der Waals surface area contributed by atoms with Crippen molar-refractivity contribution in [2.75, 3.05) is 32.1 Å². The molecule has 8 nitrogen and oxygen atoms in total. The molecular formula is C28H31N3O5S. The van der Waals surface area contributed by atoms with Gasteiger partial charge in [-0.1, -0.05) is 25.1 Å². The number of anilines is 1. The lowest BCUT2D eigenvalue weighted by atomic mass is 9.88. The van der Waals surface area contributed by atoms with Gasteiger partial charge in [-0.2, -0.15) is 0 Å². The highest BCUT2D eigenvalue weighted by Crippen LogP contribution is 2.40. The quantitative estimate of drug-likeness (QED) is 0.481. The summed E-state index contributed by atoms with van der Waals surface area (Å²) in [7, 11) is 2.00. The van der Waals surface area contributed by atoms with Gasteiger partial charge in [0.25, 0.3) is 5.91 Å². The Morgan fingerprint density at radius 1 is 1.11 bits per heavy atom. The summed E-state index contributed by atoms with van der Waals surface area (Å²) in [5.74, 6) is -0.952. The van der Waals surface area contributed by atoms with Gasteiger partial charge in [0.05, 0.1) is 23.3 Å². The summed E-state index contributed by atoms with van der Waals surface area (Å²) in [6.45, 7) is 5.19. The number of esters is 2.